The van der Waals surface area contributed by atoms with E-state index in [0.29, 0.717) is 5.75 Å². The van der Waals surface area contributed by atoms with Crippen molar-refractivity contribution in [1.82, 2.24) is 0 Å². The Morgan fingerprint density at radius 3 is 2.47 bits per heavy atom. The van der Waals surface area contributed by atoms with Crippen molar-refractivity contribution in [2.45, 2.75) is 13.3 Å². The number of para-hydroxylation sites is 1. The van der Waals surface area contributed by atoms with E-state index in [4.69, 9.17) is 10.5 Å². The lowest BCUT2D eigenvalue weighted by molar-refractivity contribution is -0.384. The third kappa shape index (κ3) is 2.82. The predicted molar refractivity (Wildman–Crippen MR) is 73.4 cm³/mol. The first-order valence-corrected chi connectivity index (χ1v) is 5.91. The molecule has 0 saturated carbocycles. The Labute approximate surface area is 110 Å². The van der Waals surface area contributed by atoms with Crippen LogP contribution in [-0.4, -0.2) is 4.92 Å². The number of aryl methyl sites for hydroxylation is 1. The molecule has 0 aliphatic heterocycles. The Hall–Kier alpha value is -2.56. The fraction of sp³-hybridized carbons (Fsp3) is 0.143. The van der Waals surface area contributed by atoms with Crippen LogP contribution < -0.4 is 10.5 Å². The first kappa shape index (κ1) is 12.9. The quantitative estimate of drug-likeness (QED) is 0.517. The lowest BCUT2D eigenvalue weighted by Gasteiger charge is -2.08. The second-order valence-corrected chi connectivity index (χ2v) is 4.05. The number of hydrogen-bond acceptors (Lipinski definition) is 4. The molecular weight excluding hydrogens is 244 g/mol. The molecule has 0 radical (unpaired) electrons. The molecule has 5 nitrogen and oxygen atoms in total. The lowest BCUT2D eigenvalue weighted by Crippen LogP contribution is -1.98. The molecule has 2 aromatic carbocycles. The lowest BCUT2D eigenvalue weighted by atomic mass is 10.2. The number of nitrogen functional groups attached to an aromatic ring is 1. The van der Waals surface area contributed by atoms with E-state index < -0.39 is 4.92 Å². The normalized spacial score (nSPS) is 10.2. The molecule has 0 aliphatic carbocycles. The zero-order valence-corrected chi connectivity index (χ0v) is 10.5. The molecule has 2 rings (SSSR count). The number of benzene rings is 2. The van der Waals surface area contributed by atoms with Crippen LogP contribution in [0.4, 0.5) is 11.4 Å². The van der Waals surface area contributed by atoms with Crippen molar-refractivity contribution < 1.29 is 9.66 Å². The van der Waals surface area contributed by atoms with Crippen molar-refractivity contribution in [3.63, 3.8) is 0 Å². The van der Waals surface area contributed by atoms with E-state index in [1.54, 1.807) is 18.2 Å². The number of nitrogens with zero attached hydrogens (tertiary/aromatic N) is 1. The van der Waals surface area contributed by atoms with Crippen LogP contribution in [0.1, 0.15) is 12.5 Å². The first-order valence-electron chi connectivity index (χ1n) is 5.91. The van der Waals surface area contributed by atoms with Gasteiger partial charge in [-0.25, -0.2) is 0 Å². The van der Waals surface area contributed by atoms with Crippen LogP contribution in [0, 0.1) is 10.1 Å². The summed E-state index contributed by atoms with van der Waals surface area (Å²) in [5, 5.41) is 11.0. The summed E-state index contributed by atoms with van der Waals surface area (Å²) in [7, 11) is 0. The summed E-state index contributed by atoms with van der Waals surface area (Å²) in [5.74, 6) is 0.695. The van der Waals surface area contributed by atoms with Gasteiger partial charge in [-0.05, 0) is 36.2 Å². The van der Waals surface area contributed by atoms with Gasteiger partial charge in [-0.15, -0.1) is 0 Å². The zero-order chi connectivity index (χ0) is 13.8. The van der Waals surface area contributed by atoms with Crippen LogP contribution in [0.2, 0.25) is 0 Å². The van der Waals surface area contributed by atoms with Crippen LogP contribution in [0.3, 0.4) is 0 Å². The summed E-state index contributed by atoms with van der Waals surface area (Å²) in [4.78, 5) is 10.4. The number of nitro groups is 1. The summed E-state index contributed by atoms with van der Waals surface area (Å²) < 4.78 is 5.53. The van der Waals surface area contributed by atoms with Crippen molar-refractivity contribution in [3.8, 4) is 11.5 Å². The highest BCUT2D eigenvalue weighted by Crippen LogP contribution is 2.35. The molecule has 98 valence electrons. The number of nitrogens with two attached hydrogens (primary N) is 1. The van der Waals surface area contributed by atoms with Gasteiger partial charge in [0.1, 0.15) is 11.4 Å². The van der Waals surface area contributed by atoms with Gasteiger partial charge in [-0.2, -0.15) is 0 Å². The summed E-state index contributed by atoms with van der Waals surface area (Å²) in [6, 6.07) is 12.0. The van der Waals surface area contributed by atoms with Crippen LogP contribution in [0.15, 0.2) is 42.5 Å². The predicted octanol–water partition coefficient (Wildman–Crippen LogP) is 3.53. The van der Waals surface area contributed by atoms with E-state index in [9.17, 15) is 10.1 Å². The van der Waals surface area contributed by atoms with Gasteiger partial charge in [0, 0.05) is 0 Å². The molecule has 0 unspecified atom stereocenters. The molecule has 2 aromatic rings. The smallest absolute Gasteiger partial charge is 0.334 e. The number of rotatable bonds is 4. The van der Waals surface area contributed by atoms with Crippen molar-refractivity contribution in [2.75, 3.05) is 5.73 Å². The molecule has 0 spiro atoms. The topological polar surface area (TPSA) is 78.4 Å². The maximum Gasteiger partial charge on any atom is 0.334 e. The molecule has 0 aliphatic rings. The SMILES string of the molecule is CCc1ccc(Oc2cccc(N)c2[N+](=O)[O-])cc1. The molecule has 0 heterocycles. The third-order valence-electron chi connectivity index (χ3n) is 2.77. The number of ether oxygens (including phenoxy) is 1. The first-order chi connectivity index (χ1) is 9.11. The molecule has 0 bridgehead atoms. The average Bonchev–Trinajstić information content (AvgIpc) is 2.39. The minimum atomic E-state index is -0.537. The number of nitro benzene ring substituents is 1. The van der Waals surface area contributed by atoms with Gasteiger partial charge in [-0.1, -0.05) is 25.1 Å². The molecule has 5 heteroatoms. The van der Waals surface area contributed by atoms with Crippen molar-refractivity contribution in [2.24, 2.45) is 0 Å². The van der Waals surface area contributed by atoms with Crippen molar-refractivity contribution in [3.05, 3.63) is 58.1 Å². The summed E-state index contributed by atoms with van der Waals surface area (Å²) in [6.07, 6.45) is 0.929. The Morgan fingerprint density at radius 2 is 1.89 bits per heavy atom. The fourth-order valence-electron chi connectivity index (χ4n) is 1.74. The van der Waals surface area contributed by atoms with E-state index in [-0.39, 0.29) is 17.1 Å². The van der Waals surface area contributed by atoms with Gasteiger partial charge in [0.25, 0.3) is 0 Å². The number of hydrogen-bond donors (Lipinski definition) is 1. The molecular formula is C14H14N2O3. The summed E-state index contributed by atoms with van der Waals surface area (Å²) >= 11 is 0. The molecule has 0 aromatic heterocycles. The van der Waals surface area contributed by atoms with E-state index >= 15 is 0 Å². The standard InChI is InChI=1S/C14H14N2O3/c1-2-10-6-8-11(9-7-10)19-13-5-3-4-12(15)14(13)16(17)18/h3-9H,2,15H2,1H3. The van der Waals surface area contributed by atoms with Gasteiger partial charge in [0.15, 0.2) is 0 Å². The second kappa shape index (κ2) is 5.39. The largest absolute Gasteiger partial charge is 0.450 e. The fourth-order valence-corrected chi connectivity index (χ4v) is 1.74. The minimum Gasteiger partial charge on any atom is -0.450 e. The Morgan fingerprint density at radius 1 is 1.21 bits per heavy atom. The molecule has 0 fully saturated rings. The molecule has 0 amide bonds. The van der Waals surface area contributed by atoms with E-state index in [0.717, 1.165) is 6.42 Å². The van der Waals surface area contributed by atoms with Crippen LogP contribution in [0.5, 0.6) is 11.5 Å². The average molecular weight is 258 g/mol. The molecule has 0 saturated heterocycles. The highest BCUT2D eigenvalue weighted by atomic mass is 16.6. The maximum atomic E-state index is 11.0. The van der Waals surface area contributed by atoms with E-state index in [1.165, 1.54) is 17.7 Å². The van der Waals surface area contributed by atoms with Crippen molar-refractivity contribution in [1.29, 1.82) is 0 Å². The summed E-state index contributed by atoms with van der Waals surface area (Å²) in [6.45, 7) is 2.05. The summed E-state index contributed by atoms with van der Waals surface area (Å²) in [5.41, 5.74) is 6.66. The minimum absolute atomic E-state index is 0.0904. The highest BCUT2D eigenvalue weighted by Gasteiger charge is 2.19. The van der Waals surface area contributed by atoms with Gasteiger partial charge in [-0.3, -0.25) is 10.1 Å². The zero-order valence-electron chi connectivity index (χ0n) is 10.5. The molecule has 2 N–H and O–H groups in total. The van der Waals surface area contributed by atoms with Gasteiger partial charge >= 0.3 is 5.69 Å². The molecule has 0 atom stereocenters. The van der Waals surface area contributed by atoms with E-state index in [1.807, 2.05) is 12.1 Å². The van der Waals surface area contributed by atoms with Crippen LogP contribution in [-0.2, 0) is 6.42 Å². The Bertz CT molecular complexity index is 594. The Balaban J connectivity index is 2.32. The van der Waals surface area contributed by atoms with Gasteiger partial charge < -0.3 is 10.5 Å². The Kier molecular flexibility index (Phi) is 3.66. The highest BCUT2D eigenvalue weighted by molar-refractivity contribution is 5.66. The van der Waals surface area contributed by atoms with Gasteiger partial charge in [0.05, 0.1) is 4.92 Å². The number of anilines is 1. The third-order valence-corrected chi connectivity index (χ3v) is 2.77. The van der Waals surface area contributed by atoms with Crippen molar-refractivity contribution >= 4 is 11.4 Å². The van der Waals surface area contributed by atoms with Crippen LogP contribution in [0.25, 0.3) is 0 Å². The second-order valence-electron chi connectivity index (χ2n) is 4.05. The van der Waals surface area contributed by atoms with E-state index in [2.05, 4.69) is 6.92 Å². The van der Waals surface area contributed by atoms with Gasteiger partial charge in [0.2, 0.25) is 5.75 Å². The van der Waals surface area contributed by atoms with Crippen LogP contribution >= 0.6 is 0 Å². The maximum absolute atomic E-state index is 11.0. The monoisotopic (exact) mass is 258 g/mol. The molecule has 19 heavy (non-hydrogen) atoms.